The summed E-state index contributed by atoms with van der Waals surface area (Å²) in [5.74, 6) is -1.30. The number of thiophene rings is 1. The zero-order chi connectivity index (χ0) is 9.26. The molecule has 2 heterocycles. The van der Waals surface area contributed by atoms with Crippen molar-refractivity contribution in [3.05, 3.63) is 29.7 Å². The molecule has 13 heavy (non-hydrogen) atoms. The number of aromatic nitrogens is 3. The van der Waals surface area contributed by atoms with Gasteiger partial charge >= 0.3 is 5.97 Å². The van der Waals surface area contributed by atoms with E-state index in [1.165, 1.54) is 22.3 Å². The lowest BCUT2D eigenvalue weighted by Crippen LogP contribution is -2.00. The summed E-state index contributed by atoms with van der Waals surface area (Å²) in [4.78, 5) is 14.1. The minimum atomic E-state index is -1.12. The van der Waals surface area contributed by atoms with Crippen molar-refractivity contribution < 1.29 is 9.90 Å². The van der Waals surface area contributed by atoms with Gasteiger partial charge in [-0.1, -0.05) is 0 Å². The minimum Gasteiger partial charge on any atom is -0.475 e. The molecule has 0 aromatic carbocycles. The van der Waals surface area contributed by atoms with Crippen molar-refractivity contribution in [2.24, 2.45) is 0 Å². The topological polar surface area (TPSA) is 68.0 Å². The average molecular weight is 195 g/mol. The molecule has 0 bridgehead atoms. The van der Waals surface area contributed by atoms with Crippen LogP contribution in [0.2, 0.25) is 0 Å². The van der Waals surface area contributed by atoms with Crippen LogP contribution in [0, 0.1) is 0 Å². The third-order valence-corrected chi connectivity index (χ3v) is 2.27. The summed E-state index contributed by atoms with van der Waals surface area (Å²) in [6, 6.07) is 3.70. The first kappa shape index (κ1) is 7.93. The SMILES string of the molecule is O=C(O)c1ncn(-c2cccs2)n1. The molecule has 0 radical (unpaired) electrons. The van der Waals surface area contributed by atoms with Gasteiger partial charge in [-0.2, -0.15) is 0 Å². The molecular weight excluding hydrogens is 190 g/mol. The van der Waals surface area contributed by atoms with Crippen LogP contribution in [0.15, 0.2) is 23.8 Å². The van der Waals surface area contributed by atoms with Crippen LogP contribution in [-0.4, -0.2) is 25.8 Å². The Morgan fingerprint density at radius 3 is 3.00 bits per heavy atom. The molecular formula is C7H5N3O2S. The van der Waals surface area contributed by atoms with Gasteiger partial charge < -0.3 is 5.11 Å². The van der Waals surface area contributed by atoms with Gasteiger partial charge in [-0.25, -0.2) is 14.5 Å². The minimum absolute atomic E-state index is 0.187. The van der Waals surface area contributed by atoms with E-state index in [9.17, 15) is 4.79 Å². The molecule has 0 saturated carbocycles. The van der Waals surface area contributed by atoms with Crippen molar-refractivity contribution in [3.8, 4) is 5.00 Å². The van der Waals surface area contributed by atoms with Crippen LogP contribution >= 0.6 is 11.3 Å². The van der Waals surface area contributed by atoms with E-state index in [4.69, 9.17) is 5.11 Å². The van der Waals surface area contributed by atoms with Crippen LogP contribution in [0.5, 0.6) is 0 Å². The van der Waals surface area contributed by atoms with E-state index in [0.717, 1.165) is 5.00 Å². The van der Waals surface area contributed by atoms with Crippen LogP contribution in [0.3, 0.4) is 0 Å². The standard InChI is InChI=1S/C7H5N3O2S/c11-7(12)6-8-4-10(9-6)5-2-1-3-13-5/h1-4H,(H,11,12). The Bertz CT molecular complexity index is 421. The van der Waals surface area contributed by atoms with Crippen molar-refractivity contribution in [1.82, 2.24) is 14.8 Å². The fourth-order valence-electron chi connectivity index (χ4n) is 0.867. The van der Waals surface area contributed by atoms with E-state index >= 15 is 0 Å². The number of rotatable bonds is 2. The Hall–Kier alpha value is -1.69. The highest BCUT2D eigenvalue weighted by Crippen LogP contribution is 2.12. The molecule has 0 aliphatic rings. The molecule has 0 aliphatic carbocycles. The van der Waals surface area contributed by atoms with Gasteiger partial charge in [0.1, 0.15) is 11.3 Å². The smallest absolute Gasteiger partial charge is 0.375 e. The quantitative estimate of drug-likeness (QED) is 0.777. The summed E-state index contributed by atoms with van der Waals surface area (Å²) in [5, 5.41) is 15.1. The van der Waals surface area contributed by atoms with Gasteiger partial charge in [0, 0.05) is 0 Å². The first-order valence-corrected chi connectivity index (χ1v) is 4.34. The maximum atomic E-state index is 10.4. The zero-order valence-corrected chi connectivity index (χ0v) is 7.23. The number of carbonyl (C=O) groups is 1. The fraction of sp³-hybridized carbons (Fsp3) is 0. The third kappa shape index (κ3) is 1.43. The number of aromatic carboxylic acids is 1. The van der Waals surface area contributed by atoms with Crippen LogP contribution in [0.25, 0.3) is 5.00 Å². The number of hydrogen-bond donors (Lipinski definition) is 1. The molecule has 0 atom stereocenters. The van der Waals surface area contributed by atoms with E-state index < -0.39 is 5.97 Å². The molecule has 0 unspecified atom stereocenters. The highest BCUT2D eigenvalue weighted by molar-refractivity contribution is 7.12. The van der Waals surface area contributed by atoms with Crippen LogP contribution in [0.1, 0.15) is 10.6 Å². The predicted octanol–water partition coefficient (Wildman–Crippen LogP) is 1.03. The first-order chi connectivity index (χ1) is 6.27. The molecule has 0 fully saturated rings. The molecule has 2 aromatic heterocycles. The summed E-state index contributed by atoms with van der Waals surface area (Å²) < 4.78 is 1.44. The van der Waals surface area contributed by atoms with Crippen LogP contribution < -0.4 is 0 Å². The predicted molar refractivity (Wildman–Crippen MR) is 46.2 cm³/mol. The molecule has 1 N–H and O–H groups in total. The Morgan fingerprint density at radius 2 is 2.46 bits per heavy atom. The lowest BCUT2D eigenvalue weighted by Gasteiger charge is -1.90. The van der Waals surface area contributed by atoms with Crippen molar-refractivity contribution in [2.75, 3.05) is 0 Å². The van der Waals surface area contributed by atoms with Crippen molar-refractivity contribution in [2.45, 2.75) is 0 Å². The zero-order valence-electron chi connectivity index (χ0n) is 6.41. The second kappa shape index (κ2) is 2.98. The summed E-state index contributed by atoms with van der Waals surface area (Å²) in [5.41, 5.74) is 0. The van der Waals surface area contributed by atoms with Gasteiger partial charge in [-0.05, 0) is 17.5 Å². The monoisotopic (exact) mass is 195 g/mol. The van der Waals surface area contributed by atoms with Crippen molar-refractivity contribution >= 4 is 17.3 Å². The summed E-state index contributed by atoms with van der Waals surface area (Å²) >= 11 is 1.47. The number of carboxylic acid groups (broad SMARTS) is 1. The Kier molecular flexibility index (Phi) is 1.82. The van der Waals surface area contributed by atoms with Crippen LogP contribution in [-0.2, 0) is 0 Å². The van der Waals surface area contributed by atoms with Gasteiger partial charge in [-0.3, -0.25) is 0 Å². The normalized spacial score (nSPS) is 10.2. The highest BCUT2D eigenvalue weighted by Gasteiger charge is 2.09. The van der Waals surface area contributed by atoms with E-state index in [2.05, 4.69) is 10.1 Å². The molecule has 2 rings (SSSR count). The second-order valence-electron chi connectivity index (χ2n) is 2.27. The fourth-order valence-corrected chi connectivity index (χ4v) is 1.52. The number of carboxylic acids is 1. The highest BCUT2D eigenvalue weighted by atomic mass is 32.1. The summed E-state index contributed by atoms with van der Waals surface area (Å²) in [6.07, 6.45) is 1.38. The number of nitrogens with zero attached hydrogens (tertiary/aromatic N) is 3. The maximum absolute atomic E-state index is 10.4. The van der Waals surface area contributed by atoms with Gasteiger partial charge in [0.2, 0.25) is 0 Å². The molecule has 66 valence electrons. The second-order valence-corrected chi connectivity index (χ2v) is 3.20. The van der Waals surface area contributed by atoms with Gasteiger partial charge in [0.15, 0.2) is 0 Å². The summed E-state index contributed by atoms with van der Waals surface area (Å²) in [7, 11) is 0. The molecule has 2 aromatic rings. The lowest BCUT2D eigenvalue weighted by atomic mass is 10.6. The van der Waals surface area contributed by atoms with Crippen LogP contribution in [0.4, 0.5) is 0 Å². The average Bonchev–Trinajstić information content (AvgIpc) is 2.75. The third-order valence-electron chi connectivity index (χ3n) is 1.42. The molecule has 6 heteroatoms. The largest absolute Gasteiger partial charge is 0.475 e. The molecule has 5 nitrogen and oxygen atoms in total. The number of hydrogen-bond acceptors (Lipinski definition) is 4. The maximum Gasteiger partial charge on any atom is 0.375 e. The lowest BCUT2D eigenvalue weighted by molar-refractivity contribution is 0.0683. The Balaban J connectivity index is 2.39. The van der Waals surface area contributed by atoms with E-state index in [1.54, 1.807) is 0 Å². The Labute approximate surface area is 77.3 Å². The van der Waals surface area contributed by atoms with Gasteiger partial charge in [-0.15, -0.1) is 16.4 Å². The van der Waals surface area contributed by atoms with E-state index in [0.29, 0.717) is 0 Å². The molecule has 0 amide bonds. The first-order valence-electron chi connectivity index (χ1n) is 3.46. The Morgan fingerprint density at radius 1 is 1.62 bits per heavy atom. The van der Waals surface area contributed by atoms with Crippen molar-refractivity contribution in [1.29, 1.82) is 0 Å². The van der Waals surface area contributed by atoms with Gasteiger partial charge in [0.25, 0.3) is 5.82 Å². The van der Waals surface area contributed by atoms with E-state index in [1.807, 2.05) is 17.5 Å². The van der Waals surface area contributed by atoms with E-state index in [-0.39, 0.29) is 5.82 Å². The molecule has 0 spiro atoms. The molecule has 0 aliphatic heterocycles. The summed E-state index contributed by atoms with van der Waals surface area (Å²) in [6.45, 7) is 0. The van der Waals surface area contributed by atoms with Crippen molar-refractivity contribution in [3.63, 3.8) is 0 Å². The molecule has 0 saturated heterocycles. The van der Waals surface area contributed by atoms with Gasteiger partial charge in [0.05, 0.1) is 0 Å².